The average molecular weight is 375 g/mol. The smallest absolute Gasteiger partial charge is 0.232 e. The van der Waals surface area contributed by atoms with E-state index in [4.69, 9.17) is 0 Å². The van der Waals surface area contributed by atoms with Gasteiger partial charge in [0.15, 0.2) is 0 Å². The van der Waals surface area contributed by atoms with Crippen molar-refractivity contribution in [3.05, 3.63) is 59.2 Å². The molecule has 0 bridgehead atoms. The Bertz CT molecular complexity index is 892. The summed E-state index contributed by atoms with van der Waals surface area (Å²) >= 11 is 0. The van der Waals surface area contributed by atoms with E-state index in [9.17, 15) is 13.2 Å². The van der Waals surface area contributed by atoms with E-state index in [2.05, 4.69) is 5.32 Å². The number of benzene rings is 2. The Balaban J connectivity index is 1.99. The quantitative estimate of drug-likeness (QED) is 0.802. The molecule has 2 rings (SSSR count). The molecule has 0 saturated heterocycles. The largest absolute Gasteiger partial charge is 0.326 e. The average Bonchev–Trinajstić information content (AvgIpc) is 2.54. The minimum absolute atomic E-state index is 0.114. The first kappa shape index (κ1) is 20.0. The van der Waals surface area contributed by atoms with Crippen LogP contribution in [0.15, 0.2) is 42.5 Å². The summed E-state index contributed by atoms with van der Waals surface area (Å²) in [5.41, 5.74) is 4.57. The molecule has 5 nitrogen and oxygen atoms in total. The van der Waals surface area contributed by atoms with E-state index in [-0.39, 0.29) is 18.9 Å². The van der Waals surface area contributed by atoms with Crippen molar-refractivity contribution < 1.29 is 13.2 Å². The predicted molar refractivity (Wildman–Crippen MR) is 107 cm³/mol. The van der Waals surface area contributed by atoms with Gasteiger partial charge in [0.25, 0.3) is 0 Å². The van der Waals surface area contributed by atoms with E-state index < -0.39 is 10.0 Å². The molecule has 0 heterocycles. The molecule has 0 atom stereocenters. The highest BCUT2D eigenvalue weighted by Crippen LogP contribution is 2.21. The number of carbonyl (C=O) groups excluding carboxylic acids is 1. The summed E-state index contributed by atoms with van der Waals surface area (Å²) in [6, 6.07) is 13.1. The molecule has 0 aliphatic carbocycles. The van der Waals surface area contributed by atoms with Gasteiger partial charge < -0.3 is 5.32 Å². The molecule has 0 spiro atoms. The monoisotopic (exact) mass is 374 g/mol. The van der Waals surface area contributed by atoms with Crippen molar-refractivity contribution in [2.75, 3.05) is 22.4 Å². The summed E-state index contributed by atoms with van der Waals surface area (Å²) in [7, 11) is -3.40. The van der Waals surface area contributed by atoms with E-state index in [1.807, 2.05) is 57.2 Å². The third-order valence-corrected chi connectivity index (χ3v) is 5.53. The number of nitrogens with one attached hydrogen (secondary N) is 1. The van der Waals surface area contributed by atoms with Crippen molar-refractivity contribution in [2.24, 2.45) is 0 Å². The highest BCUT2D eigenvalue weighted by Gasteiger charge is 2.17. The fourth-order valence-corrected chi connectivity index (χ4v) is 3.71. The van der Waals surface area contributed by atoms with E-state index in [0.717, 1.165) is 22.4 Å². The summed E-state index contributed by atoms with van der Waals surface area (Å²) in [5, 5.41) is 2.91. The number of hydrogen-bond donors (Lipinski definition) is 1. The Kier molecular flexibility index (Phi) is 6.42. The number of carbonyl (C=O) groups is 1. The Morgan fingerprint density at radius 3 is 2.42 bits per heavy atom. The predicted octanol–water partition coefficient (Wildman–Crippen LogP) is 3.80. The van der Waals surface area contributed by atoms with Crippen LogP contribution in [-0.4, -0.2) is 27.1 Å². The van der Waals surface area contributed by atoms with Crippen molar-refractivity contribution in [2.45, 2.75) is 33.6 Å². The highest BCUT2D eigenvalue weighted by atomic mass is 32.2. The van der Waals surface area contributed by atoms with Gasteiger partial charge in [0.05, 0.1) is 11.9 Å². The lowest BCUT2D eigenvalue weighted by Gasteiger charge is -2.22. The van der Waals surface area contributed by atoms with Gasteiger partial charge in [-0.15, -0.1) is 0 Å². The molecule has 0 aromatic heterocycles. The SMILES string of the molecule is Cc1cccc(N(CCCC(=O)Nc2cccc(C)c2C)S(C)(=O)=O)c1. The van der Waals surface area contributed by atoms with Crippen LogP contribution < -0.4 is 9.62 Å². The number of rotatable bonds is 7. The molecule has 0 fully saturated rings. The lowest BCUT2D eigenvalue weighted by molar-refractivity contribution is -0.116. The normalized spacial score (nSPS) is 11.2. The minimum atomic E-state index is -3.40. The van der Waals surface area contributed by atoms with E-state index in [1.54, 1.807) is 6.07 Å². The van der Waals surface area contributed by atoms with Crippen molar-refractivity contribution in [3.63, 3.8) is 0 Å². The zero-order valence-electron chi connectivity index (χ0n) is 15.7. The second-order valence-electron chi connectivity index (χ2n) is 6.57. The third-order valence-electron chi connectivity index (χ3n) is 4.33. The van der Waals surface area contributed by atoms with E-state index in [1.165, 1.54) is 10.6 Å². The van der Waals surface area contributed by atoms with Crippen LogP contribution in [-0.2, 0) is 14.8 Å². The lowest BCUT2D eigenvalue weighted by Crippen LogP contribution is -2.31. The van der Waals surface area contributed by atoms with Crippen molar-refractivity contribution >= 4 is 27.3 Å². The first-order chi connectivity index (χ1) is 12.2. The van der Waals surface area contributed by atoms with Crippen LogP contribution in [0.4, 0.5) is 11.4 Å². The second kappa shape index (κ2) is 8.36. The minimum Gasteiger partial charge on any atom is -0.326 e. The number of hydrogen-bond acceptors (Lipinski definition) is 3. The summed E-state index contributed by atoms with van der Waals surface area (Å²) in [5.74, 6) is -0.114. The standard InChI is InChI=1S/C20H26N2O3S/c1-15-8-5-10-18(14-15)22(26(4,24)25)13-7-12-20(23)21-19-11-6-9-16(2)17(19)3/h5-6,8-11,14H,7,12-13H2,1-4H3,(H,21,23). The first-order valence-electron chi connectivity index (χ1n) is 8.59. The topological polar surface area (TPSA) is 66.5 Å². The van der Waals surface area contributed by atoms with Crippen molar-refractivity contribution in [1.82, 2.24) is 0 Å². The van der Waals surface area contributed by atoms with Gasteiger partial charge in [-0.05, 0) is 62.1 Å². The molecular weight excluding hydrogens is 348 g/mol. The summed E-state index contributed by atoms with van der Waals surface area (Å²) in [6.07, 6.45) is 1.88. The van der Waals surface area contributed by atoms with Gasteiger partial charge in [-0.2, -0.15) is 0 Å². The number of anilines is 2. The molecule has 1 N–H and O–H groups in total. The number of nitrogens with zero attached hydrogens (tertiary/aromatic N) is 1. The Morgan fingerprint density at radius 2 is 1.77 bits per heavy atom. The highest BCUT2D eigenvalue weighted by molar-refractivity contribution is 7.92. The van der Waals surface area contributed by atoms with Crippen LogP contribution >= 0.6 is 0 Å². The van der Waals surface area contributed by atoms with Gasteiger partial charge in [0.1, 0.15) is 0 Å². The van der Waals surface area contributed by atoms with E-state index >= 15 is 0 Å². The maximum atomic E-state index is 12.2. The third kappa shape index (κ3) is 5.33. The van der Waals surface area contributed by atoms with Gasteiger partial charge in [-0.3, -0.25) is 9.10 Å². The molecule has 2 aromatic carbocycles. The first-order valence-corrected chi connectivity index (χ1v) is 10.4. The Hall–Kier alpha value is -2.34. The molecular formula is C20H26N2O3S. The molecule has 6 heteroatoms. The Morgan fingerprint density at radius 1 is 1.08 bits per heavy atom. The van der Waals surface area contributed by atoms with Crippen molar-refractivity contribution in [1.29, 1.82) is 0 Å². The molecule has 2 aromatic rings. The number of aryl methyl sites for hydroxylation is 2. The van der Waals surface area contributed by atoms with E-state index in [0.29, 0.717) is 12.1 Å². The molecule has 26 heavy (non-hydrogen) atoms. The van der Waals surface area contributed by atoms with Crippen LogP contribution in [0.5, 0.6) is 0 Å². The molecule has 0 saturated carbocycles. The van der Waals surface area contributed by atoms with Gasteiger partial charge >= 0.3 is 0 Å². The molecule has 140 valence electrons. The van der Waals surface area contributed by atoms with Gasteiger partial charge in [0.2, 0.25) is 15.9 Å². The molecule has 1 amide bonds. The molecule has 0 unspecified atom stereocenters. The van der Waals surface area contributed by atoms with Crippen LogP contribution in [0, 0.1) is 20.8 Å². The van der Waals surface area contributed by atoms with Crippen molar-refractivity contribution in [3.8, 4) is 0 Å². The summed E-state index contributed by atoms with van der Waals surface area (Å²) in [4.78, 5) is 12.2. The van der Waals surface area contributed by atoms with Crippen LogP contribution in [0.1, 0.15) is 29.5 Å². The summed E-state index contributed by atoms with van der Waals surface area (Å²) < 4.78 is 25.6. The zero-order valence-corrected chi connectivity index (χ0v) is 16.6. The van der Waals surface area contributed by atoms with Gasteiger partial charge in [0, 0.05) is 18.7 Å². The molecule has 0 aliphatic rings. The lowest BCUT2D eigenvalue weighted by atomic mass is 10.1. The second-order valence-corrected chi connectivity index (χ2v) is 8.48. The fourth-order valence-electron chi connectivity index (χ4n) is 2.75. The van der Waals surface area contributed by atoms with Crippen LogP contribution in [0.2, 0.25) is 0 Å². The Labute approximate surface area is 156 Å². The van der Waals surface area contributed by atoms with Gasteiger partial charge in [-0.25, -0.2) is 8.42 Å². The number of sulfonamides is 1. The fraction of sp³-hybridized carbons (Fsp3) is 0.350. The zero-order chi connectivity index (χ0) is 19.3. The van der Waals surface area contributed by atoms with Crippen LogP contribution in [0.25, 0.3) is 0 Å². The molecule has 0 aliphatic heterocycles. The van der Waals surface area contributed by atoms with Gasteiger partial charge in [-0.1, -0.05) is 24.3 Å². The maximum Gasteiger partial charge on any atom is 0.232 e. The van der Waals surface area contributed by atoms with Crippen LogP contribution in [0.3, 0.4) is 0 Å². The maximum absolute atomic E-state index is 12.2. The molecule has 0 radical (unpaired) electrons. The summed E-state index contributed by atoms with van der Waals surface area (Å²) in [6.45, 7) is 6.15. The number of amides is 1.